The van der Waals surface area contributed by atoms with Gasteiger partial charge in [0.25, 0.3) is 0 Å². The molecule has 1 amide bonds. The summed E-state index contributed by atoms with van der Waals surface area (Å²) in [6, 6.07) is 8.88. The predicted molar refractivity (Wildman–Crippen MR) is 156 cm³/mol. The first-order chi connectivity index (χ1) is 22.2. The third kappa shape index (κ3) is 5.17. The Morgan fingerprint density at radius 1 is 1.26 bits per heavy atom. The molecule has 13 heteroatoms. The fourth-order valence-corrected chi connectivity index (χ4v) is 5.89. The first-order valence-corrected chi connectivity index (χ1v) is 14.2. The summed E-state index contributed by atoms with van der Waals surface area (Å²) in [6.45, 7) is -2.60. The van der Waals surface area contributed by atoms with Crippen molar-refractivity contribution in [1.82, 2.24) is 24.4 Å². The van der Waals surface area contributed by atoms with E-state index in [4.69, 9.17) is 6.85 Å². The highest BCUT2D eigenvalue weighted by Gasteiger charge is 2.31. The molecule has 3 aromatic heterocycles. The Balaban J connectivity index is 1.35. The number of rotatable bonds is 7. The summed E-state index contributed by atoms with van der Waals surface area (Å²) in [5.74, 6) is -1.83. The van der Waals surface area contributed by atoms with Gasteiger partial charge in [-0.05, 0) is 36.8 Å². The maximum Gasteiger partial charge on any atom is 0.236 e. The van der Waals surface area contributed by atoms with Crippen molar-refractivity contribution in [3.05, 3.63) is 58.7 Å². The summed E-state index contributed by atoms with van der Waals surface area (Å²) in [5.41, 5.74) is 1.56. The number of carbonyl (C=O) groups excluding carboxylic acids is 1. The van der Waals surface area contributed by atoms with Gasteiger partial charge in [-0.2, -0.15) is 10.4 Å². The average Bonchev–Trinajstić information content (AvgIpc) is 3.59. The van der Waals surface area contributed by atoms with Gasteiger partial charge < -0.3 is 19.8 Å². The largest absolute Gasteiger partial charge is 0.389 e. The lowest BCUT2D eigenvalue weighted by molar-refractivity contribution is -0.142. The van der Waals surface area contributed by atoms with Crippen molar-refractivity contribution >= 4 is 39.3 Å². The van der Waals surface area contributed by atoms with Gasteiger partial charge in [-0.25, -0.2) is 18.3 Å². The molecule has 2 saturated heterocycles. The molecular weight excluding hydrogens is 562 g/mol. The number of hydrogen-bond acceptors (Lipinski definition) is 9. The summed E-state index contributed by atoms with van der Waals surface area (Å²) < 4.78 is 72.7. The molecule has 1 aromatic carbocycles. The Labute approximate surface area is 252 Å². The zero-order valence-corrected chi connectivity index (χ0v) is 23.4. The number of aromatic nitrogens is 3. The van der Waals surface area contributed by atoms with Crippen molar-refractivity contribution in [2.75, 3.05) is 62.5 Å². The summed E-state index contributed by atoms with van der Waals surface area (Å²) in [4.78, 5) is 22.7. The number of aliphatic hydroxyl groups is 1. The van der Waals surface area contributed by atoms with Gasteiger partial charge >= 0.3 is 0 Å². The number of thiazole rings is 1. The summed E-state index contributed by atoms with van der Waals surface area (Å²) >= 11 is 0.860. The molecule has 1 N–H and O–H groups in total. The summed E-state index contributed by atoms with van der Waals surface area (Å²) in [5, 5.41) is 23.8. The number of anilines is 3. The molecule has 42 heavy (non-hydrogen) atoms. The number of carbonyl (C=O) groups is 1. The third-order valence-corrected chi connectivity index (χ3v) is 8.30. The van der Waals surface area contributed by atoms with Crippen LogP contribution in [-0.2, 0) is 11.2 Å². The molecule has 0 atom stereocenters. The van der Waals surface area contributed by atoms with Gasteiger partial charge in [0.2, 0.25) is 5.91 Å². The Hall–Kier alpha value is -4.12. The Morgan fingerprint density at radius 2 is 2.00 bits per heavy atom. The second-order valence-electron chi connectivity index (χ2n) is 10.1. The van der Waals surface area contributed by atoms with Crippen LogP contribution in [0.4, 0.5) is 25.3 Å². The Morgan fingerprint density at radius 3 is 2.64 bits per heavy atom. The number of nitriles is 1. The number of aryl methyl sites for hydroxylation is 1. The first-order valence-electron chi connectivity index (χ1n) is 15.9. The number of piperazine rings is 1. The topological polar surface area (TPSA) is 104 Å². The number of β-amino-alcohol motifs (C(OH)–C–C–N with tert-alkyl or cyclic N) is 1. The second kappa shape index (κ2) is 11.3. The van der Waals surface area contributed by atoms with Crippen molar-refractivity contribution in [2.45, 2.75) is 19.4 Å². The van der Waals surface area contributed by atoms with E-state index in [2.05, 4.69) is 16.2 Å². The Bertz CT molecular complexity index is 1860. The van der Waals surface area contributed by atoms with Gasteiger partial charge in [0.15, 0.2) is 10.9 Å². The van der Waals surface area contributed by atoms with E-state index in [0.29, 0.717) is 11.3 Å². The van der Waals surface area contributed by atoms with E-state index < -0.39 is 37.1 Å². The SMILES string of the molecule is [2H]C([2H])([2H])N(c1nc(-c2ccc(F)cc2)c(C#N)s1)c1c(CC)nn2cc(F)c(N3CCN(C([2H])([2H])C(=O)N4CC(O)C4)CC3)cc12. The predicted octanol–water partition coefficient (Wildman–Crippen LogP) is 3.26. The molecule has 0 bridgehead atoms. The molecule has 2 aliphatic rings. The normalized spacial score (nSPS) is 18.5. The molecule has 0 aliphatic carbocycles. The van der Waals surface area contributed by atoms with Gasteiger partial charge in [-0.3, -0.25) is 9.69 Å². The molecule has 218 valence electrons. The maximum absolute atomic E-state index is 15.6. The smallest absolute Gasteiger partial charge is 0.236 e. The molecular formula is C29H30F2N8O2S. The number of hydrogen-bond donors (Lipinski definition) is 1. The molecule has 10 nitrogen and oxygen atoms in total. The molecule has 6 rings (SSSR count). The van der Waals surface area contributed by atoms with Crippen LogP contribution < -0.4 is 9.80 Å². The third-order valence-electron chi connectivity index (χ3n) is 7.35. The van der Waals surface area contributed by atoms with Crippen molar-refractivity contribution in [3.8, 4) is 17.3 Å². The van der Waals surface area contributed by atoms with E-state index in [1.165, 1.54) is 44.6 Å². The number of amides is 1. The standard InChI is InChI=1S/C29H30F2N8O2S/c1-3-22-28(35(2)29-33-27(25(13-32)42-29)18-4-6-19(30)7-5-18)24-12-23(21(31)16-39(24)34-22)37-10-8-36(9-11-37)17-26(41)38-14-20(40)15-38/h4-7,12,16,20,40H,3,8-11,14-15,17H2,1-2H3/i2D3,17D2. The van der Waals surface area contributed by atoms with Crippen LogP contribution in [0.2, 0.25) is 0 Å². The minimum Gasteiger partial charge on any atom is -0.389 e. The molecule has 0 saturated carbocycles. The van der Waals surface area contributed by atoms with Crippen molar-refractivity contribution in [2.24, 2.45) is 0 Å². The number of halogens is 2. The quantitative estimate of drug-likeness (QED) is 0.346. The molecule has 4 aromatic rings. The number of nitrogens with zero attached hydrogens (tertiary/aromatic N) is 8. The highest BCUT2D eigenvalue weighted by atomic mass is 32.1. The summed E-state index contributed by atoms with van der Waals surface area (Å²) in [7, 11) is 0. The number of fused-ring (bicyclic) bond motifs is 1. The second-order valence-corrected chi connectivity index (χ2v) is 11.0. The van der Waals surface area contributed by atoms with Crippen LogP contribution >= 0.6 is 11.3 Å². The van der Waals surface area contributed by atoms with Crippen LogP contribution in [0.1, 0.15) is 24.3 Å². The number of aliphatic hydroxyl groups excluding tert-OH is 1. The zero-order valence-electron chi connectivity index (χ0n) is 27.6. The van der Waals surface area contributed by atoms with Crippen LogP contribution in [0.15, 0.2) is 36.5 Å². The average molecular weight is 598 g/mol. The van der Waals surface area contributed by atoms with Gasteiger partial charge in [-0.1, -0.05) is 18.3 Å². The zero-order chi connectivity index (χ0) is 33.8. The number of pyridine rings is 1. The van der Waals surface area contributed by atoms with Gasteiger partial charge in [0.1, 0.15) is 22.5 Å². The lowest BCUT2D eigenvalue weighted by atomic mass is 10.1. The van der Waals surface area contributed by atoms with E-state index in [9.17, 15) is 19.6 Å². The van der Waals surface area contributed by atoms with Crippen molar-refractivity contribution in [1.29, 1.82) is 5.26 Å². The molecule has 0 spiro atoms. The minimum atomic E-state index is -2.80. The fourth-order valence-electron chi connectivity index (χ4n) is 5.08. The Kier molecular flexibility index (Phi) is 6.04. The number of likely N-dealkylation sites (tertiary alicyclic amines) is 1. The highest BCUT2D eigenvalue weighted by Crippen LogP contribution is 2.39. The minimum absolute atomic E-state index is 0.0217. The van der Waals surface area contributed by atoms with Gasteiger partial charge in [-0.15, -0.1) is 0 Å². The van der Waals surface area contributed by atoms with E-state index >= 15 is 4.39 Å². The monoisotopic (exact) mass is 597 g/mol. The van der Waals surface area contributed by atoms with Crippen LogP contribution in [0.3, 0.4) is 0 Å². The maximum atomic E-state index is 15.6. The first kappa shape index (κ1) is 22.5. The van der Waals surface area contributed by atoms with Crippen LogP contribution in [-0.4, -0.2) is 94.3 Å². The van der Waals surface area contributed by atoms with E-state index in [-0.39, 0.29) is 78.3 Å². The van der Waals surface area contributed by atoms with Crippen LogP contribution in [0.5, 0.6) is 0 Å². The number of benzene rings is 1. The van der Waals surface area contributed by atoms with E-state index in [1.807, 2.05) is 0 Å². The van der Waals surface area contributed by atoms with Gasteiger partial charge in [0.05, 0.1) is 44.1 Å². The van der Waals surface area contributed by atoms with Crippen LogP contribution in [0.25, 0.3) is 16.8 Å². The lowest BCUT2D eigenvalue weighted by Gasteiger charge is -2.39. The van der Waals surface area contributed by atoms with Crippen molar-refractivity contribution in [3.63, 3.8) is 0 Å². The highest BCUT2D eigenvalue weighted by molar-refractivity contribution is 7.16. The molecule has 5 heterocycles. The lowest BCUT2D eigenvalue weighted by Crippen LogP contribution is -2.57. The molecule has 0 unspecified atom stereocenters. The molecule has 2 fully saturated rings. The van der Waals surface area contributed by atoms with Crippen LogP contribution in [0, 0.1) is 23.0 Å². The van der Waals surface area contributed by atoms with Crippen molar-refractivity contribution < 1.29 is 25.5 Å². The molecule has 0 radical (unpaired) electrons. The summed E-state index contributed by atoms with van der Waals surface area (Å²) in [6.07, 6.45) is 0.785. The van der Waals surface area contributed by atoms with E-state index in [1.54, 1.807) is 11.8 Å². The fraction of sp³-hybridized carbons (Fsp3) is 0.379. The van der Waals surface area contributed by atoms with Gasteiger partial charge in [0, 0.05) is 55.9 Å². The van der Waals surface area contributed by atoms with E-state index in [0.717, 1.165) is 22.4 Å². The molecule has 2 aliphatic heterocycles.